The van der Waals surface area contributed by atoms with Crippen LogP contribution in [-0.2, 0) is 23.9 Å². The number of halogens is 3. The van der Waals surface area contributed by atoms with Crippen LogP contribution in [0.25, 0.3) is 0 Å². The highest BCUT2D eigenvalue weighted by Gasteiger charge is 2.34. The smallest absolute Gasteiger partial charge is 0.338 e. The molecule has 1 heterocycles. The molecule has 0 saturated heterocycles. The quantitative estimate of drug-likeness (QED) is 0.767. The number of carbonyl (C=O) groups is 1. The third-order valence-corrected chi connectivity index (χ3v) is 4.90. The fourth-order valence-corrected chi connectivity index (χ4v) is 3.61. The minimum atomic E-state index is -4.33. The van der Waals surface area contributed by atoms with E-state index in [1.807, 2.05) is 0 Å². The highest BCUT2D eigenvalue weighted by Crippen LogP contribution is 2.35. The molecule has 2 aliphatic rings. The molecule has 1 unspecified atom stereocenters. The summed E-state index contributed by atoms with van der Waals surface area (Å²) in [5, 5.41) is 0. The third kappa shape index (κ3) is 2.99. The maximum atomic E-state index is 12.8. The summed E-state index contributed by atoms with van der Waals surface area (Å²) in [6, 6.07) is 3.89. The Kier molecular flexibility index (Phi) is 3.91. The van der Waals surface area contributed by atoms with Gasteiger partial charge in [-0.3, -0.25) is 4.79 Å². The molecule has 2 nitrogen and oxygen atoms in total. The van der Waals surface area contributed by atoms with Crippen molar-refractivity contribution < 1.29 is 18.0 Å². The first-order valence-electron chi connectivity index (χ1n) is 7.82. The zero-order chi connectivity index (χ0) is 15.9. The monoisotopic (exact) mass is 311 g/mol. The number of hydrogen-bond acceptors (Lipinski definition) is 1. The maximum Gasteiger partial charge on any atom is 0.416 e. The highest BCUT2D eigenvalue weighted by molar-refractivity contribution is 5.79. The SMILES string of the molecule is C[C@@H]1CCC(C(=O)N2CCc3ccc(C(F)(F)F)cc3C2)C1. The average Bonchev–Trinajstić information content (AvgIpc) is 2.91. The fraction of sp³-hybridized carbons (Fsp3) is 0.588. The second-order valence-corrected chi connectivity index (χ2v) is 6.61. The van der Waals surface area contributed by atoms with E-state index in [0.29, 0.717) is 31.0 Å². The molecule has 0 aromatic heterocycles. The molecular weight excluding hydrogens is 291 g/mol. The van der Waals surface area contributed by atoms with Crippen molar-refractivity contribution in [3.63, 3.8) is 0 Å². The summed E-state index contributed by atoms with van der Waals surface area (Å²) in [4.78, 5) is 14.3. The lowest BCUT2D eigenvalue weighted by molar-refractivity contribution is -0.137. The number of hydrogen-bond donors (Lipinski definition) is 0. The van der Waals surface area contributed by atoms with Crippen molar-refractivity contribution in [1.82, 2.24) is 4.90 Å². The van der Waals surface area contributed by atoms with Crippen molar-refractivity contribution in [2.75, 3.05) is 6.54 Å². The van der Waals surface area contributed by atoms with Crippen molar-refractivity contribution >= 4 is 5.91 Å². The predicted molar refractivity (Wildman–Crippen MR) is 77.1 cm³/mol. The van der Waals surface area contributed by atoms with Gasteiger partial charge in [-0.1, -0.05) is 13.0 Å². The first-order chi connectivity index (χ1) is 10.3. The van der Waals surface area contributed by atoms with Gasteiger partial charge in [0.2, 0.25) is 5.91 Å². The Balaban J connectivity index is 1.76. The number of rotatable bonds is 1. The number of benzene rings is 1. The van der Waals surface area contributed by atoms with Gasteiger partial charge in [0, 0.05) is 19.0 Å². The van der Waals surface area contributed by atoms with Crippen LogP contribution in [0.3, 0.4) is 0 Å². The Morgan fingerprint density at radius 3 is 2.64 bits per heavy atom. The van der Waals surface area contributed by atoms with Gasteiger partial charge in [-0.25, -0.2) is 0 Å². The molecule has 1 aliphatic carbocycles. The van der Waals surface area contributed by atoms with Crippen molar-refractivity contribution in [3.05, 3.63) is 34.9 Å². The molecule has 0 spiro atoms. The maximum absolute atomic E-state index is 12.8. The second kappa shape index (κ2) is 5.60. The summed E-state index contributed by atoms with van der Waals surface area (Å²) >= 11 is 0. The van der Waals surface area contributed by atoms with Crippen molar-refractivity contribution in [1.29, 1.82) is 0 Å². The number of fused-ring (bicyclic) bond motifs is 1. The van der Waals surface area contributed by atoms with Crippen LogP contribution >= 0.6 is 0 Å². The largest absolute Gasteiger partial charge is 0.416 e. The van der Waals surface area contributed by atoms with Crippen LogP contribution in [0.4, 0.5) is 13.2 Å². The molecule has 22 heavy (non-hydrogen) atoms. The van der Waals surface area contributed by atoms with Crippen molar-refractivity contribution in [2.45, 2.75) is 45.3 Å². The van der Waals surface area contributed by atoms with Gasteiger partial charge in [-0.2, -0.15) is 13.2 Å². The third-order valence-electron chi connectivity index (χ3n) is 4.90. The fourth-order valence-electron chi connectivity index (χ4n) is 3.61. The molecule has 0 bridgehead atoms. The van der Waals surface area contributed by atoms with Crippen LogP contribution in [0.2, 0.25) is 0 Å². The molecule has 1 aromatic rings. The molecule has 1 saturated carbocycles. The summed E-state index contributed by atoms with van der Waals surface area (Å²) in [6.07, 6.45) is -0.806. The van der Waals surface area contributed by atoms with Crippen LogP contribution in [0, 0.1) is 11.8 Å². The molecule has 0 radical (unpaired) electrons. The molecule has 2 atom stereocenters. The minimum absolute atomic E-state index is 0.0577. The van der Waals surface area contributed by atoms with Crippen LogP contribution < -0.4 is 0 Å². The van der Waals surface area contributed by atoms with Gasteiger partial charge in [0.25, 0.3) is 0 Å². The van der Waals surface area contributed by atoms with E-state index < -0.39 is 11.7 Å². The Bertz CT molecular complexity index is 582. The average molecular weight is 311 g/mol. The van der Waals surface area contributed by atoms with Crippen LogP contribution in [0.1, 0.15) is 42.9 Å². The van der Waals surface area contributed by atoms with E-state index in [9.17, 15) is 18.0 Å². The van der Waals surface area contributed by atoms with Gasteiger partial charge >= 0.3 is 6.18 Å². The molecule has 3 rings (SSSR count). The topological polar surface area (TPSA) is 20.3 Å². The first-order valence-corrected chi connectivity index (χ1v) is 7.82. The lowest BCUT2D eigenvalue weighted by Crippen LogP contribution is -2.39. The minimum Gasteiger partial charge on any atom is -0.338 e. The lowest BCUT2D eigenvalue weighted by Gasteiger charge is -2.31. The Morgan fingerprint density at radius 2 is 2.00 bits per heavy atom. The van der Waals surface area contributed by atoms with Gasteiger partial charge in [0.1, 0.15) is 0 Å². The Morgan fingerprint density at radius 1 is 1.23 bits per heavy atom. The van der Waals surface area contributed by atoms with Crippen LogP contribution in [0.5, 0.6) is 0 Å². The molecular formula is C17H20F3NO. The standard InChI is InChI=1S/C17H20F3NO/c1-11-2-3-13(8-11)16(22)21-7-6-12-4-5-15(17(18,19)20)9-14(12)10-21/h4-5,9,11,13H,2-3,6-8,10H2,1H3/t11-,13?/m1/s1. The number of alkyl halides is 3. The van der Waals surface area contributed by atoms with Crippen molar-refractivity contribution in [2.24, 2.45) is 11.8 Å². The van der Waals surface area contributed by atoms with E-state index >= 15 is 0 Å². The molecule has 1 amide bonds. The number of nitrogens with zero attached hydrogens (tertiary/aromatic N) is 1. The highest BCUT2D eigenvalue weighted by atomic mass is 19.4. The van der Waals surface area contributed by atoms with Crippen LogP contribution in [0.15, 0.2) is 18.2 Å². The van der Waals surface area contributed by atoms with Gasteiger partial charge < -0.3 is 4.90 Å². The van der Waals surface area contributed by atoms with Crippen molar-refractivity contribution in [3.8, 4) is 0 Å². The van der Waals surface area contributed by atoms with Gasteiger partial charge in [-0.15, -0.1) is 0 Å². The molecule has 5 heteroatoms. The zero-order valence-electron chi connectivity index (χ0n) is 12.6. The van der Waals surface area contributed by atoms with E-state index in [1.165, 1.54) is 6.07 Å². The molecule has 0 N–H and O–H groups in total. The lowest BCUT2D eigenvalue weighted by atomic mass is 9.95. The van der Waals surface area contributed by atoms with Gasteiger partial charge in [0.15, 0.2) is 0 Å². The molecule has 1 fully saturated rings. The van der Waals surface area contributed by atoms with E-state index in [2.05, 4.69) is 6.92 Å². The summed E-state index contributed by atoms with van der Waals surface area (Å²) in [6.45, 7) is 3.07. The van der Waals surface area contributed by atoms with E-state index in [-0.39, 0.29) is 11.8 Å². The molecule has 120 valence electrons. The van der Waals surface area contributed by atoms with Gasteiger partial charge in [-0.05, 0) is 54.9 Å². The molecule has 1 aromatic carbocycles. The van der Waals surface area contributed by atoms with Crippen LogP contribution in [-0.4, -0.2) is 17.4 Å². The Labute approximate surface area is 128 Å². The number of carbonyl (C=O) groups excluding carboxylic acids is 1. The van der Waals surface area contributed by atoms with E-state index in [1.54, 1.807) is 11.0 Å². The van der Waals surface area contributed by atoms with E-state index in [4.69, 9.17) is 0 Å². The van der Waals surface area contributed by atoms with E-state index in [0.717, 1.165) is 30.9 Å². The summed E-state index contributed by atoms with van der Waals surface area (Å²) in [5.41, 5.74) is 0.937. The normalized spacial score (nSPS) is 25.2. The summed E-state index contributed by atoms with van der Waals surface area (Å²) in [7, 11) is 0. The Hall–Kier alpha value is -1.52. The number of amides is 1. The first kappa shape index (κ1) is 15.4. The predicted octanol–water partition coefficient (Wildman–Crippen LogP) is 4.03. The summed E-state index contributed by atoms with van der Waals surface area (Å²) < 4.78 is 38.5. The molecule has 1 aliphatic heterocycles. The summed E-state index contributed by atoms with van der Waals surface area (Å²) in [5.74, 6) is 0.748. The second-order valence-electron chi connectivity index (χ2n) is 6.61. The zero-order valence-corrected chi connectivity index (χ0v) is 12.6. The van der Waals surface area contributed by atoms with Gasteiger partial charge in [0.05, 0.1) is 5.56 Å².